The minimum absolute atomic E-state index is 0.102. The molecule has 140 valence electrons. The molecule has 27 heavy (non-hydrogen) atoms. The highest BCUT2D eigenvalue weighted by atomic mass is 32.2. The molecule has 0 atom stereocenters. The van der Waals surface area contributed by atoms with E-state index in [-0.39, 0.29) is 18.2 Å². The zero-order chi connectivity index (χ0) is 19.2. The monoisotopic (exact) mass is 385 g/mol. The number of aromatic nitrogens is 3. The third-order valence-corrected chi connectivity index (χ3v) is 4.76. The van der Waals surface area contributed by atoms with Crippen LogP contribution in [0.3, 0.4) is 0 Å². The average molecular weight is 385 g/mol. The van der Waals surface area contributed by atoms with Crippen LogP contribution in [-0.4, -0.2) is 38.9 Å². The number of primary amides is 1. The normalized spacial score (nSPS) is 10.7. The molecule has 2 amide bonds. The minimum Gasteiger partial charge on any atom is -0.469 e. The van der Waals surface area contributed by atoms with Crippen molar-refractivity contribution in [2.24, 2.45) is 5.73 Å². The Morgan fingerprint density at radius 1 is 1.22 bits per heavy atom. The number of thioether (sulfide) groups is 1. The average Bonchev–Trinajstić information content (AvgIpc) is 3.25. The highest BCUT2D eigenvalue weighted by Gasteiger charge is 2.18. The molecule has 8 nitrogen and oxygen atoms in total. The highest BCUT2D eigenvalue weighted by Crippen LogP contribution is 2.27. The number of nitrogens with two attached hydrogens (primary N) is 1. The molecular weight excluding hydrogens is 366 g/mol. The van der Waals surface area contributed by atoms with Gasteiger partial charge in [-0.15, -0.1) is 10.2 Å². The number of furan rings is 1. The zero-order valence-electron chi connectivity index (χ0n) is 14.7. The third-order valence-electron chi connectivity index (χ3n) is 3.79. The number of carbonyl (C=O) groups excluding carboxylic acids is 2. The maximum atomic E-state index is 11.9. The molecule has 0 aliphatic heterocycles. The van der Waals surface area contributed by atoms with Crippen molar-refractivity contribution in [2.75, 3.05) is 12.3 Å². The van der Waals surface area contributed by atoms with Crippen molar-refractivity contribution in [3.63, 3.8) is 0 Å². The van der Waals surface area contributed by atoms with Gasteiger partial charge in [0.05, 0.1) is 30.7 Å². The first kappa shape index (κ1) is 18.7. The lowest BCUT2D eigenvalue weighted by atomic mass is 10.2. The van der Waals surface area contributed by atoms with Gasteiger partial charge in [0.15, 0.2) is 11.0 Å². The molecule has 2 heterocycles. The van der Waals surface area contributed by atoms with E-state index in [2.05, 4.69) is 15.5 Å². The second kappa shape index (κ2) is 8.54. The Bertz CT molecular complexity index is 936. The standard InChI is InChI=1S/C18H19N5O3S/c1-12-14(7-8-26-12)17-21-22-18(27-11-16(25)20-9-15(19)24)23(17)10-13-5-3-2-4-6-13/h2-8H,9-11H2,1H3,(H2,19,24)(H,20,25). The quantitative estimate of drug-likeness (QED) is 0.569. The van der Waals surface area contributed by atoms with E-state index in [0.29, 0.717) is 17.5 Å². The van der Waals surface area contributed by atoms with E-state index >= 15 is 0 Å². The van der Waals surface area contributed by atoms with Gasteiger partial charge in [0.2, 0.25) is 11.8 Å². The Kier molecular flexibility index (Phi) is 5.92. The van der Waals surface area contributed by atoms with E-state index in [4.69, 9.17) is 10.2 Å². The molecule has 3 aromatic rings. The minimum atomic E-state index is -0.585. The van der Waals surface area contributed by atoms with Gasteiger partial charge in [-0.05, 0) is 18.6 Å². The van der Waals surface area contributed by atoms with Crippen LogP contribution in [0.2, 0.25) is 0 Å². The third kappa shape index (κ3) is 4.76. The van der Waals surface area contributed by atoms with Gasteiger partial charge in [0, 0.05) is 0 Å². The van der Waals surface area contributed by atoms with Gasteiger partial charge >= 0.3 is 0 Å². The molecule has 2 aromatic heterocycles. The first-order valence-corrected chi connectivity index (χ1v) is 9.22. The van der Waals surface area contributed by atoms with Gasteiger partial charge in [-0.3, -0.25) is 14.2 Å². The fourth-order valence-electron chi connectivity index (χ4n) is 2.49. The smallest absolute Gasteiger partial charge is 0.236 e. The summed E-state index contributed by atoms with van der Waals surface area (Å²) < 4.78 is 7.33. The molecule has 0 aliphatic carbocycles. The Morgan fingerprint density at radius 2 is 2.00 bits per heavy atom. The molecule has 0 fully saturated rings. The molecule has 0 bridgehead atoms. The maximum Gasteiger partial charge on any atom is 0.236 e. The van der Waals surface area contributed by atoms with E-state index in [0.717, 1.165) is 16.9 Å². The summed E-state index contributed by atoms with van der Waals surface area (Å²) >= 11 is 1.24. The highest BCUT2D eigenvalue weighted by molar-refractivity contribution is 7.99. The van der Waals surface area contributed by atoms with Gasteiger partial charge in [0.1, 0.15) is 5.76 Å². The van der Waals surface area contributed by atoms with E-state index in [1.807, 2.05) is 47.9 Å². The molecule has 0 radical (unpaired) electrons. The number of carbonyl (C=O) groups is 2. The summed E-state index contributed by atoms with van der Waals surface area (Å²) in [5.74, 6) is 0.634. The predicted molar refractivity (Wildman–Crippen MR) is 101 cm³/mol. The maximum absolute atomic E-state index is 11.9. The molecule has 3 rings (SSSR count). The van der Waals surface area contributed by atoms with Crippen molar-refractivity contribution in [1.29, 1.82) is 0 Å². The Morgan fingerprint density at radius 3 is 2.67 bits per heavy atom. The number of hydrogen-bond donors (Lipinski definition) is 2. The van der Waals surface area contributed by atoms with Crippen LogP contribution in [0.15, 0.2) is 52.2 Å². The van der Waals surface area contributed by atoms with Crippen molar-refractivity contribution in [2.45, 2.75) is 18.6 Å². The molecule has 3 N–H and O–H groups in total. The van der Waals surface area contributed by atoms with Crippen LogP contribution in [0.5, 0.6) is 0 Å². The van der Waals surface area contributed by atoms with Crippen molar-refractivity contribution in [1.82, 2.24) is 20.1 Å². The molecule has 9 heteroatoms. The van der Waals surface area contributed by atoms with Crippen LogP contribution in [0.4, 0.5) is 0 Å². The van der Waals surface area contributed by atoms with Gasteiger partial charge in [-0.2, -0.15) is 0 Å². The Labute approximate surface area is 160 Å². The van der Waals surface area contributed by atoms with E-state index < -0.39 is 5.91 Å². The molecule has 0 unspecified atom stereocenters. The number of hydrogen-bond acceptors (Lipinski definition) is 6. The second-order valence-corrected chi connectivity index (χ2v) is 6.74. The van der Waals surface area contributed by atoms with Crippen LogP contribution in [0, 0.1) is 6.92 Å². The van der Waals surface area contributed by atoms with Crippen LogP contribution in [-0.2, 0) is 16.1 Å². The molecule has 0 spiro atoms. The van der Waals surface area contributed by atoms with Gasteiger partial charge < -0.3 is 15.5 Å². The summed E-state index contributed by atoms with van der Waals surface area (Å²) in [6.07, 6.45) is 1.61. The van der Waals surface area contributed by atoms with Crippen LogP contribution >= 0.6 is 11.8 Å². The lowest BCUT2D eigenvalue weighted by Crippen LogP contribution is -2.34. The first-order valence-electron chi connectivity index (χ1n) is 8.24. The van der Waals surface area contributed by atoms with Crippen molar-refractivity contribution < 1.29 is 14.0 Å². The SMILES string of the molecule is Cc1occc1-c1nnc(SCC(=O)NCC(N)=O)n1Cc1ccccc1. The number of rotatable bonds is 8. The largest absolute Gasteiger partial charge is 0.469 e. The van der Waals surface area contributed by atoms with Gasteiger partial charge in [-0.1, -0.05) is 42.1 Å². The Balaban J connectivity index is 1.83. The van der Waals surface area contributed by atoms with Crippen molar-refractivity contribution in [3.8, 4) is 11.4 Å². The fraction of sp³-hybridized carbons (Fsp3) is 0.222. The lowest BCUT2D eigenvalue weighted by Gasteiger charge is -2.10. The van der Waals surface area contributed by atoms with E-state index in [9.17, 15) is 9.59 Å². The lowest BCUT2D eigenvalue weighted by molar-refractivity contribution is -0.123. The zero-order valence-corrected chi connectivity index (χ0v) is 15.5. The van der Waals surface area contributed by atoms with Crippen molar-refractivity contribution >= 4 is 23.6 Å². The predicted octanol–water partition coefficient (Wildman–Crippen LogP) is 1.59. The molecule has 0 saturated heterocycles. The van der Waals surface area contributed by atoms with E-state index in [1.165, 1.54) is 11.8 Å². The number of aryl methyl sites for hydroxylation is 1. The molecule has 0 aliphatic rings. The number of nitrogens with zero attached hydrogens (tertiary/aromatic N) is 3. The second-order valence-electron chi connectivity index (χ2n) is 5.80. The van der Waals surface area contributed by atoms with Gasteiger partial charge in [0.25, 0.3) is 0 Å². The summed E-state index contributed by atoms with van der Waals surface area (Å²) in [7, 11) is 0. The fourth-order valence-corrected chi connectivity index (χ4v) is 3.25. The van der Waals surface area contributed by atoms with Crippen molar-refractivity contribution in [3.05, 3.63) is 54.0 Å². The first-order chi connectivity index (χ1) is 13.0. The molecule has 0 saturated carbocycles. The number of benzene rings is 1. The number of amides is 2. The topological polar surface area (TPSA) is 116 Å². The summed E-state index contributed by atoms with van der Waals surface area (Å²) in [5.41, 5.74) is 6.97. The van der Waals surface area contributed by atoms with E-state index in [1.54, 1.807) is 6.26 Å². The van der Waals surface area contributed by atoms with Crippen LogP contribution < -0.4 is 11.1 Å². The summed E-state index contributed by atoms with van der Waals surface area (Å²) in [6.45, 7) is 2.23. The summed E-state index contributed by atoms with van der Waals surface area (Å²) in [4.78, 5) is 22.6. The molecule has 1 aromatic carbocycles. The summed E-state index contributed by atoms with van der Waals surface area (Å²) in [5, 5.41) is 11.6. The number of nitrogens with one attached hydrogen (secondary N) is 1. The summed E-state index contributed by atoms with van der Waals surface area (Å²) in [6, 6.07) is 11.8. The van der Waals surface area contributed by atoms with Gasteiger partial charge in [-0.25, -0.2) is 0 Å². The van der Waals surface area contributed by atoms with Crippen LogP contribution in [0.25, 0.3) is 11.4 Å². The Hall–Kier alpha value is -3.07. The molecular formula is C18H19N5O3S. The van der Waals surface area contributed by atoms with Crippen LogP contribution in [0.1, 0.15) is 11.3 Å².